The smallest absolute Gasteiger partial charge is 0.354 e. The number of rotatable bonds is 7. The number of carboxylic acids is 1. The average molecular weight is 565 g/mol. The Morgan fingerprint density at radius 2 is 1.85 bits per heavy atom. The van der Waals surface area contributed by atoms with Crippen molar-refractivity contribution in [3.63, 3.8) is 0 Å². The van der Waals surface area contributed by atoms with E-state index in [1.54, 1.807) is 12.4 Å². The summed E-state index contributed by atoms with van der Waals surface area (Å²) in [4.78, 5) is 22.0. The fraction of sp³-hybridized carbons (Fsp3) is 0.310. The van der Waals surface area contributed by atoms with E-state index in [4.69, 9.17) is 27.7 Å². The number of fused-ring (bicyclic) bond motifs is 1. The predicted molar refractivity (Wildman–Crippen MR) is 150 cm³/mol. The van der Waals surface area contributed by atoms with Crippen LogP contribution in [0.25, 0.3) is 28.2 Å². The average Bonchev–Trinajstić information content (AvgIpc) is 3.71. The zero-order chi connectivity index (χ0) is 27.1. The van der Waals surface area contributed by atoms with Crippen LogP contribution in [-0.4, -0.2) is 44.4 Å². The van der Waals surface area contributed by atoms with Gasteiger partial charge in [0, 0.05) is 53.6 Å². The molecule has 8 nitrogen and oxygen atoms in total. The van der Waals surface area contributed by atoms with E-state index in [1.165, 1.54) is 6.07 Å². The molecule has 39 heavy (non-hydrogen) atoms. The summed E-state index contributed by atoms with van der Waals surface area (Å²) >= 11 is 12.9. The van der Waals surface area contributed by atoms with Crippen molar-refractivity contribution in [1.82, 2.24) is 15.1 Å². The third kappa shape index (κ3) is 5.12. The molecule has 0 bridgehead atoms. The summed E-state index contributed by atoms with van der Waals surface area (Å²) in [6.45, 7) is 1.48. The highest BCUT2D eigenvalue weighted by atomic mass is 35.5. The third-order valence-electron chi connectivity index (χ3n) is 7.50. The maximum Gasteiger partial charge on any atom is 0.354 e. The molecule has 2 N–H and O–H groups in total. The van der Waals surface area contributed by atoms with Crippen LogP contribution in [0, 0.1) is 5.92 Å². The van der Waals surface area contributed by atoms with Crippen molar-refractivity contribution in [3.05, 3.63) is 75.4 Å². The molecule has 1 saturated heterocycles. The van der Waals surface area contributed by atoms with Crippen LogP contribution in [0.4, 0.5) is 5.69 Å². The second-order valence-corrected chi connectivity index (χ2v) is 10.9. The summed E-state index contributed by atoms with van der Waals surface area (Å²) in [5.41, 5.74) is 4.31. The van der Waals surface area contributed by atoms with Gasteiger partial charge in [0.05, 0.1) is 22.2 Å². The van der Waals surface area contributed by atoms with Gasteiger partial charge in [0.2, 0.25) is 0 Å². The van der Waals surface area contributed by atoms with Gasteiger partial charge >= 0.3 is 5.97 Å². The standard InChI is InChI=1S/C29H26Cl2N4O4/c30-22-13-32-14-23(31)26(22)27-20(28(39-34-27)17-2-3-17)5-1-16-7-9-35(10-8-16)19-4-6-24-21(12-19)18(15-36)11-25(33-24)29(37)38/h1,4-6,11-14,16-17,36H,2-3,7-10,15H2,(H,37,38)/b5-1+. The van der Waals surface area contributed by atoms with Crippen LogP contribution >= 0.6 is 23.2 Å². The summed E-state index contributed by atoms with van der Waals surface area (Å²) in [7, 11) is 0. The van der Waals surface area contributed by atoms with Gasteiger partial charge in [0.1, 0.15) is 17.1 Å². The van der Waals surface area contributed by atoms with Crippen LogP contribution in [-0.2, 0) is 6.61 Å². The Hall–Kier alpha value is -3.46. The first-order valence-electron chi connectivity index (χ1n) is 12.9. The van der Waals surface area contributed by atoms with Gasteiger partial charge in [-0.1, -0.05) is 40.5 Å². The number of hydrogen-bond donors (Lipinski definition) is 2. The van der Waals surface area contributed by atoms with Gasteiger partial charge in [-0.25, -0.2) is 9.78 Å². The quantitative estimate of drug-likeness (QED) is 0.258. The van der Waals surface area contributed by atoms with E-state index in [1.807, 2.05) is 18.2 Å². The molecule has 1 aliphatic heterocycles. The lowest BCUT2D eigenvalue weighted by Crippen LogP contribution is -2.33. The maximum atomic E-state index is 11.4. The highest BCUT2D eigenvalue weighted by molar-refractivity contribution is 6.39. The Morgan fingerprint density at radius 3 is 2.51 bits per heavy atom. The first kappa shape index (κ1) is 25.8. The number of aliphatic hydroxyl groups excluding tert-OH is 1. The molecular weight excluding hydrogens is 539 g/mol. The summed E-state index contributed by atoms with van der Waals surface area (Å²) in [5, 5.41) is 25.1. The topological polar surface area (TPSA) is 113 Å². The first-order valence-corrected chi connectivity index (χ1v) is 13.7. The van der Waals surface area contributed by atoms with Crippen molar-refractivity contribution >= 4 is 51.8 Å². The predicted octanol–water partition coefficient (Wildman–Crippen LogP) is 6.59. The zero-order valence-electron chi connectivity index (χ0n) is 21.0. The number of aliphatic hydroxyl groups is 1. The lowest BCUT2D eigenvalue weighted by atomic mass is 9.94. The number of pyridine rings is 2. The monoisotopic (exact) mass is 564 g/mol. The van der Waals surface area contributed by atoms with Crippen molar-refractivity contribution < 1.29 is 19.5 Å². The van der Waals surface area contributed by atoms with Gasteiger partial charge in [-0.15, -0.1) is 0 Å². The Bertz CT molecular complexity index is 1570. The molecular formula is C29H26Cl2N4O4. The van der Waals surface area contributed by atoms with E-state index in [-0.39, 0.29) is 12.3 Å². The molecule has 3 aromatic heterocycles. The number of anilines is 1. The number of carbonyl (C=O) groups is 1. The second kappa shape index (κ2) is 10.6. The van der Waals surface area contributed by atoms with Gasteiger partial charge in [-0.05, 0) is 61.4 Å². The number of aromatic nitrogens is 3. The number of allylic oxidation sites excluding steroid dienone is 1. The zero-order valence-corrected chi connectivity index (χ0v) is 22.5. The van der Waals surface area contributed by atoms with Crippen molar-refractivity contribution in [2.45, 2.75) is 38.2 Å². The van der Waals surface area contributed by atoms with E-state index in [9.17, 15) is 15.0 Å². The second-order valence-electron chi connectivity index (χ2n) is 10.1. The van der Waals surface area contributed by atoms with Crippen LogP contribution in [0.2, 0.25) is 10.0 Å². The van der Waals surface area contributed by atoms with Crippen molar-refractivity contribution in [1.29, 1.82) is 0 Å². The van der Waals surface area contributed by atoms with E-state index >= 15 is 0 Å². The molecule has 2 aliphatic rings. The molecule has 0 spiro atoms. The number of piperidine rings is 1. The summed E-state index contributed by atoms with van der Waals surface area (Å²) in [5.74, 6) is 0.538. The van der Waals surface area contributed by atoms with Gasteiger partial charge in [0.15, 0.2) is 0 Å². The van der Waals surface area contributed by atoms with Gasteiger partial charge in [0.25, 0.3) is 0 Å². The number of carboxylic acid groups (broad SMARTS) is 1. The highest BCUT2D eigenvalue weighted by Gasteiger charge is 2.33. The molecule has 0 unspecified atom stereocenters. The van der Waals surface area contributed by atoms with E-state index in [2.05, 4.69) is 32.2 Å². The van der Waals surface area contributed by atoms with E-state index < -0.39 is 5.97 Å². The number of benzene rings is 1. The molecule has 1 aliphatic carbocycles. The normalized spacial score (nSPS) is 16.4. The molecule has 0 atom stereocenters. The lowest BCUT2D eigenvalue weighted by molar-refractivity contribution is 0.0690. The number of halogens is 2. The molecule has 10 heteroatoms. The summed E-state index contributed by atoms with van der Waals surface area (Å²) in [6.07, 6.45) is 11.6. The van der Waals surface area contributed by atoms with Crippen LogP contribution < -0.4 is 4.90 Å². The van der Waals surface area contributed by atoms with Crippen molar-refractivity contribution in [3.8, 4) is 11.3 Å². The van der Waals surface area contributed by atoms with Crippen LogP contribution in [0.1, 0.15) is 59.0 Å². The highest BCUT2D eigenvalue weighted by Crippen LogP contribution is 2.46. The molecule has 0 radical (unpaired) electrons. The number of aromatic carboxylic acids is 1. The van der Waals surface area contributed by atoms with E-state index in [0.717, 1.165) is 61.2 Å². The first-order chi connectivity index (χ1) is 18.9. The Morgan fingerprint density at radius 1 is 1.10 bits per heavy atom. The van der Waals surface area contributed by atoms with Crippen LogP contribution in [0.5, 0.6) is 0 Å². The molecule has 4 aromatic rings. The Kier molecular flexibility index (Phi) is 7.01. The van der Waals surface area contributed by atoms with Crippen LogP contribution in [0.3, 0.4) is 0 Å². The summed E-state index contributed by atoms with van der Waals surface area (Å²) < 4.78 is 5.77. The lowest BCUT2D eigenvalue weighted by Gasteiger charge is -2.32. The molecule has 4 heterocycles. The van der Waals surface area contributed by atoms with Gasteiger partial charge < -0.3 is 19.6 Å². The molecule has 2 fully saturated rings. The molecule has 0 amide bonds. The SMILES string of the molecule is O=C(O)c1cc(CO)c2cc(N3CCC(/C=C/c4c(-c5c(Cl)cncc5Cl)noc4C4CC4)CC3)ccc2n1. The third-order valence-corrected chi connectivity index (χ3v) is 8.07. The van der Waals surface area contributed by atoms with Crippen molar-refractivity contribution in [2.24, 2.45) is 5.92 Å². The minimum Gasteiger partial charge on any atom is -0.477 e. The molecule has 1 aromatic carbocycles. The molecule has 1 saturated carbocycles. The minimum absolute atomic E-state index is 0.0683. The fourth-order valence-corrected chi connectivity index (χ4v) is 5.78. The van der Waals surface area contributed by atoms with Gasteiger partial charge in [-0.2, -0.15) is 0 Å². The largest absolute Gasteiger partial charge is 0.477 e. The summed E-state index contributed by atoms with van der Waals surface area (Å²) in [6, 6.07) is 7.21. The van der Waals surface area contributed by atoms with Crippen molar-refractivity contribution in [2.75, 3.05) is 18.0 Å². The van der Waals surface area contributed by atoms with E-state index in [0.29, 0.717) is 44.2 Å². The number of hydrogen-bond acceptors (Lipinski definition) is 7. The molecule has 6 rings (SSSR count). The Labute approximate surface area is 234 Å². The number of nitrogens with zero attached hydrogens (tertiary/aromatic N) is 4. The van der Waals surface area contributed by atoms with Crippen LogP contribution in [0.15, 0.2) is 47.3 Å². The maximum absolute atomic E-state index is 11.4. The minimum atomic E-state index is -1.11. The fourth-order valence-electron chi connectivity index (χ4n) is 5.23. The molecule has 200 valence electrons. The van der Waals surface area contributed by atoms with Gasteiger partial charge in [-0.3, -0.25) is 4.98 Å². The Balaban J connectivity index is 1.20.